The molecule has 18 heavy (non-hydrogen) atoms. The Morgan fingerprint density at radius 1 is 1.39 bits per heavy atom. The van der Waals surface area contributed by atoms with E-state index in [4.69, 9.17) is 4.74 Å². The minimum Gasteiger partial charge on any atom is -0.383 e. The molecule has 0 aliphatic rings. The van der Waals surface area contributed by atoms with Crippen molar-refractivity contribution >= 4 is 17.5 Å². The van der Waals surface area contributed by atoms with E-state index in [1.807, 2.05) is 6.92 Å². The molecule has 1 aromatic rings. The monoisotopic (exact) mass is 250 g/mol. The number of carbonyl (C=O) groups is 2. The van der Waals surface area contributed by atoms with E-state index in [2.05, 4.69) is 10.6 Å². The predicted molar refractivity (Wildman–Crippen MR) is 69.9 cm³/mol. The van der Waals surface area contributed by atoms with Crippen molar-refractivity contribution in [3.8, 4) is 0 Å². The number of anilines is 1. The Kier molecular flexibility index (Phi) is 5.32. The van der Waals surface area contributed by atoms with E-state index in [1.165, 1.54) is 6.92 Å². The first-order valence-electron chi connectivity index (χ1n) is 5.70. The highest BCUT2D eigenvalue weighted by atomic mass is 16.5. The van der Waals surface area contributed by atoms with Crippen LogP contribution >= 0.6 is 0 Å². The largest absolute Gasteiger partial charge is 0.383 e. The molecule has 1 aromatic carbocycles. The summed E-state index contributed by atoms with van der Waals surface area (Å²) in [7, 11) is 1.58. The highest BCUT2D eigenvalue weighted by molar-refractivity contribution is 5.96. The van der Waals surface area contributed by atoms with Gasteiger partial charge in [0.15, 0.2) is 5.78 Å². The molecule has 0 fully saturated rings. The van der Waals surface area contributed by atoms with Gasteiger partial charge in [-0.1, -0.05) is 12.1 Å². The molecule has 0 saturated carbocycles. The van der Waals surface area contributed by atoms with Gasteiger partial charge in [-0.2, -0.15) is 0 Å². The van der Waals surface area contributed by atoms with E-state index in [0.29, 0.717) is 17.9 Å². The van der Waals surface area contributed by atoms with Crippen LogP contribution in [0.5, 0.6) is 0 Å². The maximum atomic E-state index is 11.6. The van der Waals surface area contributed by atoms with E-state index in [9.17, 15) is 9.59 Å². The van der Waals surface area contributed by atoms with Crippen molar-refractivity contribution in [1.82, 2.24) is 5.32 Å². The van der Waals surface area contributed by atoms with Crippen LogP contribution in [0.3, 0.4) is 0 Å². The first-order chi connectivity index (χ1) is 8.52. The van der Waals surface area contributed by atoms with Crippen LogP contribution in [0.1, 0.15) is 24.2 Å². The van der Waals surface area contributed by atoms with Gasteiger partial charge in [-0.15, -0.1) is 0 Å². The number of amides is 2. The molecule has 0 unspecified atom stereocenters. The molecular weight excluding hydrogens is 232 g/mol. The van der Waals surface area contributed by atoms with E-state index in [-0.39, 0.29) is 17.9 Å². The summed E-state index contributed by atoms with van der Waals surface area (Å²) in [6, 6.07) is 6.41. The van der Waals surface area contributed by atoms with Crippen molar-refractivity contribution in [1.29, 1.82) is 0 Å². The van der Waals surface area contributed by atoms with Crippen molar-refractivity contribution in [2.45, 2.75) is 19.9 Å². The molecule has 0 saturated heterocycles. The lowest BCUT2D eigenvalue weighted by molar-refractivity contribution is 0.101. The molecule has 98 valence electrons. The molecule has 2 amide bonds. The van der Waals surface area contributed by atoms with Gasteiger partial charge in [-0.05, 0) is 26.0 Å². The van der Waals surface area contributed by atoms with Gasteiger partial charge in [0, 0.05) is 18.4 Å². The van der Waals surface area contributed by atoms with Gasteiger partial charge < -0.3 is 15.4 Å². The third-order valence-corrected chi connectivity index (χ3v) is 2.32. The van der Waals surface area contributed by atoms with Gasteiger partial charge in [0.1, 0.15) is 0 Å². The lowest BCUT2D eigenvalue weighted by Crippen LogP contribution is -2.38. The fourth-order valence-corrected chi connectivity index (χ4v) is 1.50. The molecule has 0 heterocycles. The Hall–Kier alpha value is -1.88. The number of methoxy groups -OCH3 is 1. The Morgan fingerprint density at radius 2 is 2.11 bits per heavy atom. The Morgan fingerprint density at radius 3 is 2.72 bits per heavy atom. The van der Waals surface area contributed by atoms with Gasteiger partial charge in [0.05, 0.1) is 12.6 Å². The number of hydrogen-bond acceptors (Lipinski definition) is 3. The molecule has 0 radical (unpaired) electrons. The summed E-state index contributed by atoms with van der Waals surface area (Å²) in [5.41, 5.74) is 1.16. The second-order valence-corrected chi connectivity index (χ2v) is 4.09. The summed E-state index contributed by atoms with van der Waals surface area (Å²) >= 11 is 0. The fraction of sp³-hybridized carbons (Fsp3) is 0.385. The summed E-state index contributed by atoms with van der Waals surface area (Å²) in [6.07, 6.45) is 0. The third-order valence-electron chi connectivity index (χ3n) is 2.32. The lowest BCUT2D eigenvalue weighted by Gasteiger charge is -2.13. The average Bonchev–Trinajstić information content (AvgIpc) is 2.29. The number of rotatable bonds is 5. The number of hydrogen-bond donors (Lipinski definition) is 2. The molecule has 0 aromatic heterocycles. The van der Waals surface area contributed by atoms with Gasteiger partial charge >= 0.3 is 6.03 Å². The zero-order chi connectivity index (χ0) is 13.5. The zero-order valence-electron chi connectivity index (χ0n) is 10.8. The van der Waals surface area contributed by atoms with Crippen LogP contribution in [0.2, 0.25) is 0 Å². The van der Waals surface area contributed by atoms with Crippen LogP contribution in [0, 0.1) is 0 Å². The van der Waals surface area contributed by atoms with Crippen molar-refractivity contribution in [3.05, 3.63) is 29.8 Å². The zero-order valence-corrected chi connectivity index (χ0v) is 10.8. The first kappa shape index (κ1) is 14.2. The Bertz CT molecular complexity index is 432. The molecule has 0 aliphatic carbocycles. The number of benzene rings is 1. The minimum atomic E-state index is -0.319. The van der Waals surface area contributed by atoms with Gasteiger partial charge in [-0.3, -0.25) is 4.79 Å². The van der Waals surface area contributed by atoms with Crippen LogP contribution in [0.15, 0.2) is 24.3 Å². The molecule has 0 bridgehead atoms. The van der Waals surface area contributed by atoms with E-state index in [1.54, 1.807) is 31.4 Å². The van der Waals surface area contributed by atoms with Gasteiger partial charge in [-0.25, -0.2) is 4.79 Å². The molecule has 5 heteroatoms. The van der Waals surface area contributed by atoms with Crippen molar-refractivity contribution < 1.29 is 14.3 Å². The summed E-state index contributed by atoms with van der Waals surface area (Å²) in [5.74, 6) is -0.0354. The maximum absolute atomic E-state index is 11.6. The fourth-order valence-electron chi connectivity index (χ4n) is 1.50. The smallest absolute Gasteiger partial charge is 0.319 e. The van der Waals surface area contributed by atoms with Gasteiger partial charge in [0.2, 0.25) is 0 Å². The van der Waals surface area contributed by atoms with Crippen LogP contribution in [0.25, 0.3) is 0 Å². The van der Waals surface area contributed by atoms with Crippen molar-refractivity contribution in [2.75, 3.05) is 19.0 Å². The predicted octanol–water partition coefficient (Wildman–Crippen LogP) is 2.05. The summed E-state index contributed by atoms with van der Waals surface area (Å²) < 4.78 is 4.92. The number of Topliss-reactive ketones (excluding diaryl/α,β-unsaturated/α-hetero) is 1. The topological polar surface area (TPSA) is 67.4 Å². The number of ether oxygens (including phenoxy) is 1. The molecule has 2 N–H and O–H groups in total. The van der Waals surface area contributed by atoms with Crippen molar-refractivity contribution in [2.24, 2.45) is 0 Å². The van der Waals surface area contributed by atoms with Crippen LogP contribution in [-0.4, -0.2) is 31.6 Å². The highest BCUT2D eigenvalue weighted by Gasteiger charge is 2.07. The molecule has 0 spiro atoms. The summed E-state index contributed by atoms with van der Waals surface area (Å²) in [6.45, 7) is 3.77. The standard InChI is InChI=1S/C13H18N2O3/c1-9(8-18-3)14-13(17)15-12-6-4-5-11(7-12)10(2)16/h4-7,9H,8H2,1-3H3,(H2,14,15,17)/t9-/m0/s1. The maximum Gasteiger partial charge on any atom is 0.319 e. The quantitative estimate of drug-likeness (QED) is 0.786. The molecule has 0 aliphatic heterocycles. The average molecular weight is 250 g/mol. The van der Waals surface area contributed by atoms with Crippen LogP contribution in [0.4, 0.5) is 10.5 Å². The van der Waals surface area contributed by atoms with E-state index < -0.39 is 0 Å². The summed E-state index contributed by atoms with van der Waals surface area (Å²) in [5, 5.41) is 5.39. The third kappa shape index (κ3) is 4.55. The Labute approximate surface area is 107 Å². The first-order valence-corrected chi connectivity index (χ1v) is 5.70. The molecule has 5 nitrogen and oxygen atoms in total. The SMILES string of the molecule is COC[C@H](C)NC(=O)Nc1cccc(C(C)=O)c1. The number of ketones is 1. The molecule has 1 atom stereocenters. The van der Waals surface area contributed by atoms with E-state index >= 15 is 0 Å². The van der Waals surface area contributed by atoms with Crippen LogP contribution < -0.4 is 10.6 Å². The molecular formula is C13H18N2O3. The second-order valence-electron chi connectivity index (χ2n) is 4.09. The highest BCUT2D eigenvalue weighted by Crippen LogP contribution is 2.10. The normalized spacial score (nSPS) is 11.7. The van der Waals surface area contributed by atoms with Crippen molar-refractivity contribution in [3.63, 3.8) is 0 Å². The number of nitrogens with one attached hydrogen (secondary N) is 2. The molecule has 1 rings (SSSR count). The van der Waals surface area contributed by atoms with Crippen LogP contribution in [-0.2, 0) is 4.74 Å². The lowest BCUT2D eigenvalue weighted by atomic mass is 10.1. The Balaban J connectivity index is 2.59. The van der Waals surface area contributed by atoms with Gasteiger partial charge in [0.25, 0.3) is 0 Å². The number of carbonyl (C=O) groups excluding carboxylic acids is 2. The summed E-state index contributed by atoms with van der Waals surface area (Å²) in [4.78, 5) is 22.8. The minimum absolute atomic E-state index is 0.0354. The van der Waals surface area contributed by atoms with E-state index in [0.717, 1.165) is 0 Å². The second kappa shape index (κ2) is 6.76. The number of urea groups is 1.